The maximum absolute atomic E-state index is 12.6. The van der Waals surface area contributed by atoms with Crippen molar-refractivity contribution in [3.63, 3.8) is 0 Å². The van der Waals surface area contributed by atoms with E-state index in [9.17, 15) is 9.90 Å². The van der Waals surface area contributed by atoms with E-state index in [-0.39, 0.29) is 23.8 Å². The van der Waals surface area contributed by atoms with E-state index in [1.165, 1.54) is 0 Å². The van der Waals surface area contributed by atoms with Gasteiger partial charge < -0.3 is 14.7 Å². The number of rotatable bonds is 2. The Morgan fingerprint density at radius 1 is 1.58 bits per heavy atom. The lowest BCUT2D eigenvalue weighted by Crippen LogP contribution is -2.51. The Hall–Kier alpha value is -1.26. The molecule has 1 aliphatic heterocycles. The van der Waals surface area contributed by atoms with E-state index >= 15 is 0 Å². The lowest BCUT2D eigenvalue weighted by Gasteiger charge is -2.37. The van der Waals surface area contributed by atoms with Crippen molar-refractivity contribution < 1.29 is 14.6 Å². The van der Waals surface area contributed by atoms with Crippen LogP contribution in [0, 0.1) is 6.92 Å². The monoisotopic (exact) mass is 283 g/mol. The normalized spacial score (nSPS) is 23.4. The number of ether oxygens (including phenoxy) is 1. The third-order valence-corrected chi connectivity index (χ3v) is 3.82. The fourth-order valence-electron chi connectivity index (χ4n) is 2.20. The Bertz CT molecular complexity index is 478. The van der Waals surface area contributed by atoms with Gasteiger partial charge in [0, 0.05) is 17.7 Å². The number of alkyl halides is 1. The van der Waals surface area contributed by atoms with Crippen molar-refractivity contribution in [1.82, 2.24) is 4.90 Å². The molecule has 2 unspecified atom stereocenters. The molecule has 1 aliphatic rings. The van der Waals surface area contributed by atoms with Crippen molar-refractivity contribution in [2.24, 2.45) is 0 Å². The van der Waals surface area contributed by atoms with Crippen LogP contribution in [-0.4, -0.2) is 47.1 Å². The molecule has 1 saturated heterocycles. The van der Waals surface area contributed by atoms with Crippen LogP contribution in [0.3, 0.4) is 0 Å². The number of phenolic OH excluding ortho intramolecular Hbond substituents is 1. The van der Waals surface area contributed by atoms with Gasteiger partial charge in [0.25, 0.3) is 5.91 Å². The summed E-state index contributed by atoms with van der Waals surface area (Å²) in [5, 5.41) is 9.69. The molecule has 1 amide bonds. The Balaban J connectivity index is 2.24. The Morgan fingerprint density at radius 2 is 2.32 bits per heavy atom. The zero-order valence-corrected chi connectivity index (χ0v) is 11.9. The molecule has 0 bridgehead atoms. The van der Waals surface area contributed by atoms with Gasteiger partial charge in [-0.25, -0.2) is 0 Å². The summed E-state index contributed by atoms with van der Waals surface area (Å²) in [6, 6.07) is 5.00. The van der Waals surface area contributed by atoms with Crippen LogP contribution in [0.25, 0.3) is 0 Å². The van der Waals surface area contributed by atoms with Crippen LogP contribution in [-0.2, 0) is 4.74 Å². The molecule has 0 spiro atoms. The highest BCUT2D eigenvalue weighted by atomic mass is 35.5. The highest BCUT2D eigenvalue weighted by molar-refractivity contribution is 6.18. The fourth-order valence-corrected chi connectivity index (χ4v) is 2.39. The van der Waals surface area contributed by atoms with Crippen molar-refractivity contribution in [3.05, 3.63) is 29.3 Å². The predicted octanol–water partition coefficient (Wildman–Crippen LogP) is 2.17. The molecular weight excluding hydrogens is 266 g/mol. The summed E-state index contributed by atoms with van der Waals surface area (Å²) in [7, 11) is 0. The summed E-state index contributed by atoms with van der Waals surface area (Å²) in [6.45, 7) is 4.66. The Labute approximate surface area is 117 Å². The topological polar surface area (TPSA) is 49.8 Å². The van der Waals surface area contributed by atoms with Gasteiger partial charge in [0.15, 0.2) is 0 Å². The van der Waals surface area contributed by atoms with Gasteiger partial charge in [0.05, 0.1) is 24.6 Å². The van der Waals surface area contributed by atoms with E-state index in [2.05, 4.69) is 0 Å². The number of carbonyl (C=O) groups is 1. The highest BCUT2D eigenvalue weighted by Crippen LogP contribution is 2.23. The molecule has 1 aromatic carbocycles. The minimum Gasteiger partial charge on any atom is -0.508 e. The van der Waals surface area contributed by atoms with Crippen LogP contribution < -0.4 is 0 Å². The first-order valence-electron chi connectivity index (χ1n) is 6.31. The van der Waals surface area contributed by atoms with Crippen molar-refractivity contribution in [2.75, 3.05) is 19.0 Å². The van der Waals surface area contributed by atoms with Crippen LogP contribution in [0.5, 0.6) is 5.75 Å². The standard InChI is InChI=1S/C14H18ClNO3/c1-9-8-19-11(6-15)7-16(9)14(18)12-4-3-5-13(17)10(12)2/h3-5,9,11,17H,6-8H2,1-2H3. The van der Waals surface area contributed by atoms with Crippen molar-refractivity contribution in [2.45, 2.75) is 26.0 Å². The van der Waals surface area contributed by atoms with Crippen LogP contribution in [0.4, 0.5) is 0 Å². The lowest BCUT2D eigenvalue weighted by atomic mass is 10.0. The number of aromatic hydroxyl groups is 1. The smallest absolute Gasteiger partial charge is 0.254 e. The van der Waals surface area contributed by atoms with Gasteiger partial charge in [-0.3, -0.25) is 4.79 Å². The van der Waals surface area contributed by atoms with Crippen molar-refractivity contribution in [1.29, 1.82) is 0 Å². The predicted molar refractivity (Wildman–Crippen MR) is 73.8 cm³/mol. The molecule has 2 rings (SSSR count). The number of hydrogen-bond acceptors (Lipinski definition) is 3. The second-order valence-corrected chi connectivity index (χ2v) is 5.17. The van der Waals surface area contributed by atoms with Crippen molar-refractivity contribution in [3.8, 4) is 5.75 Å². The molecule has 104 valence electrons. The molecule has 2 atom stereocenters. The number of phenols is 1. The van der Waals surface area contributed by atoms with Crippen LogP contribution >= 0.6 is 11.6 Å². The summed E-state index contributed by atoms with van der Waals surface area (Å²) in [4.78, 5) is 14.3. The molecule has 0 aliphatic carbocycles. The number of nitrogens with zero attached hydrogens (tertiary/aromatic N) is 1. The molecule has 0 saturated carbocycles. The molecular formula is C14H18ClNO3. The summed E-state index contributed by atoms with van der Waals surface area (Å²) in [6.07, 6.45) is -0.126. The number of amides is 1. The zero-order chi connectivity index (χ0) is 14.0. The van der Waals surface area contributed by atoms with E-state index in [1.807, 2.05) is 6.92 Å². The van der Waals surface area contributed by atoms with Crippen molar-refractivity contribution >= 4 is 17.5 Å². The number of morpholine rings is 1. The van der Waals surface area contributed by atoms with Crippen LogP contribution in [0.2, 0.25) is 0 Å². The third-order valence-electron chi connectivity index (χ3n) is 3.47. The fraction of sp³-hybridized carbons (Fsp3) is 0.500. The van der Waals surface area contributed by atoms with E-state index < -0.39 is 0 Å². The summed E-state index contributed by atoms with van der Waals surface area (Å²) in [5.41, 5.74) is 1.13. The molecule has 1 aromatic rings. The number of hydrogen-bond donors (Lipinski definition) is 1. The molecule has 1 fully saturated rings. The van der Waals surface area contributed by atoms with Gasteiger partial charge in [-0.15, -0.1) is 11.6 Å². The van der Waals surface area contributed by atoms with Gasteiger partial charge >= 0.3 is 0 Å². The number of halogens is 1. The van der Waals surface area contributed by atoms with Gasteiger partial charge in [-0.1, -0.05) is 6.07 Å². The summed E-state index contributed by atoms with van der Waals surface area (Å²) >= 11 is 5.80. The second kappa shape index (κ2) is 5.80. The number of benzene rings is 1. The first-order chi connectivity index (χ1) is 9.04. The quantitative estimate of drug-likeness (QED) is 0.846. The highest BCUT2D eigenvalue weighted by Gasteiger charge is 2.30. The molecule has 4 nitrogen and oxygen atoms in total. The summed E-state index contributed by atoms with van der Waals surface area (Å²) < 4.78 is 5.53. The maximum atomic E-state index is 12.6. The van der Waals surface area contributed by atoms with E-state index in [0.717, 1.165) is 0 Å². The Morgan fingerprint density at radius 3 is 3.00 bits per heavy atom. The van der Waals surface area contributed by atoms with E-state index in [0.29, 0.717) is 30.2 Å². The average Bonchev–Trinajstić information content (AvgIpc) is 2.42. The minimum absolute atomic E-state index is 0.00807. The molecule has 0 radical (unpaired) electrons. The number of carbonyl (C=O) groups excluding carboxylic acids is 1. The minimum atomic E-state index is -0.126. The largest absolute Gasteiger partial charge is 0.508 e. The first kappa shape index (κ1) is 14.2. The SMILES string of the molecule is Cc1c(O)cccc1C(=O)N1CC(CCl)OCC1C. The zero-order valence-electron chi connectivity index (χ0n) is 11.1. The second-order valence-electron chi connectivity index (χ2n) is 4.87. The molecule has 1 heterocycles. The third kappa shape index (κ3) is 2.85. The lowest BCUT2D eigenvalue weighted by molar-refractivity contribution is -0.0372. The van der Waals surface area contributed by atoms with Crippen LogP contribution in [0.1, 0.15) is 22.8 Å². The Kier molecular flexibility index (Phi) is 4.32. The molecule has 5 heteroatoms. The van der Waals surface area contributed by atoms with E-state index in [4.69, 9.17) is 16.3 Å². The van der Waals surface area contributed by atoms with E-state index in [1.54, 1.807) is 30.0 Å². The van der Waals surface area contributed by atoms with Gasteiger partial charge in [-0.2, -0.15) is 0 Å². The van der Waals surface area contributed by atoms with Gasteiger partial charge in [0.1, 0.15) is 5.75 Å². The van der Waals surface area contributed by atoms with Crippen LogP contribution in [0.15, 0.2) is 18.2 Å². The maximum Gasteiger partial charge on any atom is 0.254 e. The molecule has 19 heavy (non-hydrogen) atoms. The summed E-state index contributed by atoms with van der Waals surface area (Å²) in [5.74, 6) is 0.426. The van der Waals surface area contributed by atoms with Gasteiger partial charge in [-0.05, 0) is 26.0 Å². The average molecular weight is 284 g/mol. The first-order valence-corrected chi connectivity index (χ1v) is 6.85. The molecule has 0 aromatic heterocycles. The molecule has 1 N–H and O–H groups in total. The van der Waals surface area contributed by atoms with Gasteiger partial charge in [0.2, 0.25) is 0 Å².